The smallest absolute Gasteiger partial charge is 0.350 e. The summed E-state index contributed by atoms with van der Waals surface area (Å²) in [5.74, 6) is 0.817. The Labute approximate surface area is 82.2 Å². The normalized spacial score (nSPS) is 9.86. The highest BCUT2D eigenvalue weighted by Crippen LogP contribution is 1.98. The molecule has 3 N–H and O–H groups in total. The van der Waals surface area contributed by atoms with E-state index >= 15 is 0 Å². The number of rotatable bonds is 5. The lowest BCUT2D eigenvalue weighted by Crippen LogP contribution is -2.19. The van der Waals surface area contributed by atoms with Crippen LogP contribution in [0.25, 0.3) is 0 Å². The number of aromatic nitrogens is 3. The molecule has 0 saturated heterocycles. The summed E-state index contributed by atoms with van der Waals surface area (Å²) in [6.07, 6.45) is 0.965. The minimum atomic E-state index is -0.394. The van der Waals surface area contributed by atoms with E-state index in [0.717, 1.165) is 13.0 Å². The van der Waals surface area contributed by atoms with Crippen molar-refractivity contribution in [2.45, 2.75) is 20.3 Å². The van der Waals surface area contributed by atoms with Gasteiger partial charge >= 0.3 is 5.69 Å². The number of anilines is 2. The van der Waals surface area contributed by atoms with E-state index in [-0.39, 0.29) is 0 Å². The van der Waals surface area contributed by atoms with Crippen molar-refractivity contribution in [3.8, 4) is 0 Å². The quantitative estimate of drug-likeness (QED) is 0.637. The fourth-order valence-electron chi connectivity index (χ4n) is 0.951. The van der Waals surface area contributed by atoms with E-state index in [2.05, 4.69) is 25.6 Å². The number of nitrogens with zero attached hydrogens (tertiary/aromatic N) is 2. The number of hydrogen-bond donors (Lipinski definition) is 3. The largest absolute Gasteiger partial charge is 0.356 e. The molecule has 0 bridgehead atoms. The van der Waals surface area contributed by atoms with Crippen molar-refractivity contribution in [1.29, 1.82) is 0 Å². The van der Waals surface area contributed by atoms with E-state index in [1.165, 1.54) is 0 Å². The second kappa shape index (κ2) is 5.21. The highest BCUT2D eigenvalue weighted by molar-refractivity contribution is 5.32. The summed E-state index contributed by atoms with van der Waals surface area (Å²) in [4.78, 5) is 21.3. The van der Waals surface area contributed by atoms with Gasteiger partial charge in [0.25, 0.3) is 0 Å². The Balaban J connectivity index is 2.78. The summed E-state index contributed by atoms with van der Waals surface area (Å²) >= 11 is 0. The topological polar surface area (TPSA) is 82.7 Å². The average molecular weight is 197 g/mol. The van der Waals surface area contributed by atoms with Gasteiger partial charge in [-0.3, -0.25) is 4.98 Å². The minimum absolute atomic E-state index is 0.367. The van der Waals surface area contributed by atoms with Crippen molar-refractivity contribution in [1.82, 2.24) is 15.0 Å². The predicted molar refractivity (Wildman–Crippen MR) is 55.6 cm³/mol. The van der Waals surface area contributed by atoms with Crippen molar-refractivity contribution >= 4 is 11.9 Å². The molecule has 0 aliphatic rings. The van der Waals surface area contributed by atoms with Gasteiger partial charge in [0, 0.05) is 13.1 Å². The second-order valence-electron chi connectivity index (χ2n) is 2.78. The Morgan fingerprint density at radius 3 is 2.71 bits per heavy atom. The molecule has 0 atom stereocenters. The molecule has 6 nitrogen and oxygen atoms in total. The van der Waals surface area contributed by atoms with E-state index < -0.39 is 5.69 Å². The molecule has 6 heteroatoms. The lowest BCUT2D eigenvalue weighted by atomic mass is 10.5. The van der Waals surface area contributed by atoms with Gasteiger partial charge in [-0.25, -0.2) is 4.79 Å². The monoisotopic (exact) mass is 197 g/mol. The average Bonchev–Trinajstić information content (AvgIpc) is 2.14. The Kier molecular flexibility index (Phi) is 3.90. The van der Waals surface area contributed by atoms with Gasteiger partial charge < -0.3 is 10.6 Å². The van der Waals surface area contributed by atoms with Gasteiger partial charge in [-0.05, 0) is 13.3 Å². The predicted octanol–water partition coefficient (Wildman–Crippen LogP) is 0.419. The van der Waals surface area contributed by atoms with Gasteiger partial charge in [-0.1, -0.05) is 6.92 Å². The molecule has 14 heavy (non-hydrogen) atoms. The molecule has 0 spiro atoms. The first-order chi connectivity index (χ1) is 6.76. The van der Waals surface area contributed by atoms with Crippen molar-refractivity contribution in [2.75, 3.05) is 23.7 Å². The lowest BCUT2D eigenvalue weighted by Gasteiger charge is -2.04. The van der Waals surface area contributed by atoms with Gasteiger partial charge in [0.15, 0.2) is 0 Å². The van der Waals surface area contributed by atoms with Crippen LogP contribution in [0.1, 0.15) is 20.3 Å². The van der Waals surface area contributed by atoms with Gasteiger partial charge in [0.2, 0.25) is 11.9 Å². The summed E-state index contributed by atoms with van der Waals surface area (Å²) in [6.45, 7) is 5.43. The number of nitrogens with one attached hydrogen (secondary N) is 3. The molecule has 1 rings (SSSR count). The molecule has 0 unspecified atom stereocenters. The van der Waals surface area contributed by atoms with Crippen LogP contribution in [-0.4, -0.2) is 28.0 Å². The molecule has 1 heterocycles. The molecule has 1 aromatic rings. The molecular formula is C8H15N5O. The van der Waals surface area contributed by atoms with E-state index in [4.69, 9.17) is 0 Å². The zero-order valence-corrected chi connectivity index (χ0v) is 8.42. The lowest BCUT2D eigenvalue weighted by molar-refractivity contribution is 0.917. The zero-order valence-electron chi connectivity index (χ0n) is 8.42. The molecule has 0 saturated carbocycles. The highest BCUT2D eigenvalue weighted by Gasteiger charge is 1.99. The van der Waals surface area contributed by atoms with Crippen molar-refractivity contribution in [2.24, 2.45) is 0 Å². The SMILES string of the molecule is CCCNc1nc(NCC)[nH]c(=O)n1. The zero-order chi connectivity index (χ0) is 10.4. The molecule has 0 aliphatic heterocycles. The Bertz CT molecular complexity index is 335. The second-order valence-corrected chi connectivity index (χ2v) is 2.78. The fraction of sp³-hybridized carbons (Fsp3) is 0.625. The van der Waals surface area contributed by atoms with Gasteiger partial charge in [-0.15, -0.1) is 0 Å². The van der Waals surface area contributed by atoms with Crippen LogP contribution in [0.15, 0.2) is 4.79 Å². The Morgan fingerprint density at radius 1 is 1.29 bits per heavy atom. The van der Waals surface area contributed by atoms with Crippen LogP contribution < -0.4 is 16.3 Å². The van der Waals surface area contributed by atoms with Crippen molar-refractivity contribution in [3.05, 3.63) is 10.5 Å². The first-order valence-corrected chi connectivity index (χ1v) is 4.72. The van der Waals surface area contributed by atoms with E-state index in [1.807, 2.05) is 13.8 Å². The first kappa shape index (κ1) is 10.5. The number of H-pyrrole nitrogens is 1. The molecular weight excluding hydrogens is 182 g/mol. The number of hydrogen-bond acceptors (Lipinski definition) is 5. The van der Waals surface area contributed by atoms with Crippen LogP contribution in [0.3, 0.4) is 0 Å². The molecule has 0 aromatic carbocycles. The van der Waals surface area contributed by atoms with Crippen LogP contribution in [-0.2, 0) is 0 Å². The first-order valence-electron chi connectivity index (χ1n) is 4.72. The minimum Gasteiger partial charge on any atom is -0.356 e. The summed E-state index contributed by atoms with van der Waals surface area (Å²) in [7, 11) is 0. The molecule has 0 radical (unpaired) electrons. The third-order valence-corrected chi connectivity index (χ3v) is 1.53. The van der Waals surface area contributed by atoms with Crippen LogP contribution >= 0.6 is 0 Å². The van der Waals surface area contributed by atoms with Gasteiger partial charge in [0.05, 0.1) is 0 Å². The number of aromatic amines is 1. The summed E-state index contributed by atoms with van der Waals surface area (Å²) in [5.41, 5.74) is -0.394. The fourth-order valence-corrected chi connectivity index (χ4v) is 0.951. The standard InChI is InChI=1S/C8H15N5O/c1-3-5-10-7-11-6(9-4-2)12-8(14)13-7/h3-5H2,1-2H3,(H3,9,10,11,12,13,14). The third-order valence-electron chi connectivity index (χ3n) is 1.53. The van der Waals surface area contributed by atoms with Crippen LogP contribution in [0.2, 0.25) is 0 Å². The molecule has 1 aromatic heterocycles. The molecule has 78 valence electrons. The van der Waals surface area contributed by atoms with Crippen LogP contribution in [0.4, 0.5) is 11.9 Å². The summed E-state index contributed by atoms with van der Waals surface area (Å²) < 4.78 is 0. The van der Waals surface area contributed by atoms with Gasteiger partial charge in [0.1, 0.15) is 0 Å². The molecule has 0 amide bonds. The maximum atomic E-state index is 11.1. The van der Waals surface area contributed by atoms with Gasteiger partial charge in [-0.2, -0.15) is 9.97 Å². The van der Waals surface area contributed by atoms with E-state index in [9.17, 15) is 4.79 Å². The van der Waals surface area contributed by atoms with Crippen molar-refractivity contribution in [3.63, 3.8) is 0 Å². The molecule has 0 aliphatic carbocycles. The van der Waals surface area contributed by atoms with Crippen LogP contribution in [0, 0.1) is 0 Å². The maximum Gasteiger partial charge on any atom is 0.350 e. The summed E-state index contributed by atoms with van der Waals surface area (Å²) in [6, 6.07) is 0. The maximum absolute atomic E-state index is 11.1. The third kappa shape index (κ3) is 3.04. The highest BCUT2D eigenvalue weighted by atomic mass is 16.1. The van der Waals surface area contributed by atoms with E-state index in [0.29, 0.717) is 18.4 Å². The Morgan fingerprint density at radius 2 is 2.07 bits per heavy atom. The summed E-state index contributed by atoms with van der Waals surface area (Å²) in [5, 5.41) is 5.87. The molecule has 0 fully saturated rings. The van der Waals surface area contributed by atoms with Crippen LogP contribution in [0.5, 0.6) is 0 Å². The van der Waals surface area contributed by atoms with E-state index in [1.54, 1.807) is 0 Å². The van der Waals surface area contributed by atoms with Crippen molar-refractivity contribution < 1.29 is 0 Å². The Hall–Kier alpha value is -1.59.